The fourth-order valence-electron chi connectivity index (χ4n) is 2.09. The highest BCUT2D eigenvalue weighted by Crippen LogP contribution is 2.34. The quantitative estimate of drug-likeness (QED) is 0.717. The van der Waals surface area contributed by atoms with E-state index in [4.69, 9.17) is 4.74 Å². The number of hydrogen-bond donors (Lipinski definition) is 2. The molecule has 9 heteroatoms. The maximum absolute atomic E-state index is 12.4. The SMILES string of the molecule is CCOC(=O)c1c(NC(=O)c2cncc(Br)c2)sc(C(=O)NC)c1C. The molecular formula is C16H16BrN3O4S. The van der Waals surface area contributed by atoms with Crippen molar-refractivity contribution in [2.45, 2.75) is 13.8 Å². The number of amides is 2. The second-order valence-electron chi connectivity index (χ2n) is 4.91. The number of carbonyl (C=O) groups is 3. The minimum atomic E-state index is -0.589. The molecule has 0 aliphatic carbocycles. The molecule has 2 aromatic heterocycles. The van der Waals surface area contributed by atoms with E-state index in [2.05, 4.69) is 31.5 Å². The third-order valence-electron chi connectivity index (χ3n) is 3.25. The summed E-state index contributed by atoms with van der Waals surface area (Å²) in [7, 11) is 1.50. The van der Waals surface area contributed by atoms with E-state index < -0.39 is 11.9 Å². The number of carbonyl (C=O) groups excluding carboxylic acids is 3. The minimum absolute atomic E-state index is 0.182. The molecule has 0 saturated carbocycles. The normalized spacial score (nSPS) is 10.2. The Morgan fingerprint density at radius 2 is 2.00 bits per heavy atom. The first-order chi connectivity index (χ1) is 11.9. The second kappa shape index (κ2) is 8.21. The maximum atomic E-state index is 12.4. The van der Waals surface area contributed by atoms with Gasteiger partial charge in [0.1, 0.15) is 5.00 Å². The highest BCUT2D eigenvalue weighted by molar-refractivity contribution is 9.10. The summed E-state index contributed by atoms with van der Waals surface area (Å²) in [4.78, 5) is 41.0. The van der Waals surface area contributed by atoms with E-state index in [1.165, 1.54) is 13.2 Å². The predicted molar refractivity (Wildman–Crippen MR) is 98.3 cm³/mol. The number of esters is 1. The monoisotopic (exact) mass is 425 g/mol. The first kappa shape index (κ1) is 19.1. The van der Waals surface area contributed by atoms with Gasteiger partial charge in [0.25, 0.3) is 11.8 Å². The molecule has 0 bridgehead atoms. The van der Waals surface area contributed by atoms with E-state index in [-0.39, 0.29) is 23.1 Å². The van der Waals surface area contributed by atoms with Crippen molar-refractivity contribution in [1.29, 1.82) is 0 Å². The van der Waals surface area contributed by atoms with Crippen LogP contribution in [0.3, 0.4) is 0 Å². The van der Waals surface area contributed by atoms with Crippen molar-refractivity contribution < 1.29 is 19.1 Å². The Morgan fingerprint density at radius 3 is 2.60 bits per heavy atom. The van der Waals surface area contributed by atoms with Gasteiger partial charge in [-0.2, -0.15) is 0 Å². The Bertz CT molecular complexity index is 835. The summed E-state index contributed by atoms with van der Waals surface area (Å²) < 4.78 is 5.70. The fourth-order valence-corrected chi connectivity index (χ4v) is 3.59. The highest BCUT2D eigenvalue weighted by Gasteiger charge is 2.26. The van der Waals surface area contributed by atoms with E-state index in [1.807, 2.05) is 0 Å². The Hall–Kier alpha value is -2.26. The Morgan fingerprint density at radius 1 is 1.28 bits per heavy atom. The van der Waals surface area contributed by atoms with E-state index in [0.717, 1.165) is 11.3 Å². The zero-order valence-electron chi connectivity index (χ0n) is 13.8. The van der Waals surface area contributed by atoms with Gasteiger partial charge in [-0.1, -0.05) is 0 Å². The molecule has 0 aliphatic heterocycles. The number of pyridine rings is 1. The second-order valence-corrected chi connectivity index (χ2v) is 6.84. The van der Waals surface area contributed by atoms with Crippen molar-refractivity contribution in [1.82, 2.24) is 10.3 Å². The van der Waals surface area contributed by atoms with Crippen molar-refractivity contribution in [3.05, 3.63) is 44.5 Å². The van der Waals surface area contributed by atoms with Gasteiger partial charge in [-0.25, -0.2) is 4.79 Å². The van der Waals surface area contributed by atoms with E-state index in [1.54, 1.807) is 26.1 Å². The molecule has 0 atom stereocenters. The van der Waals surface area contributed by atoms with Crippen molar-refractivity contribution >= 4 is 50.1 Å². The zero-order chi connectivity index (χ0) is 18.6. The van der Waals surface area contributed by atoms with Crippen LogP contribution in [0.25, 0.3) is 0 Å². The van der Waals surface area contributed by atoms with Gasteiger partial charge >= 0.3 is 5.97 Å². The molecule has 2 amide bonds. The van der Waals surface area contributed by atoms with Crippen LogP contribution in [0.4, 0.5) is 5.00 Å². The van der Waals surface area contributed by atoms with Crippen molar-refractivity contribution in [2.24, 2.45) is 0 Å². The van der Waals surface area contributed by atoms with Crippen LogP contribution >= 0.6 is 27.3 Å². The number of rotatable bonds is 5. The van der Waals surface area contributed by atoms with Crippen molar-refractivity contribution in [2.75, 3.05) is 19.0 Å². The number of hydrogen-bond acceptors (Lipinski definition) is 6. The summed E-state index contributed by atoms with van der Waals surface area (Å²) in [5.74, 6) is -1.37. The lowest BCUT2D eigenvalue weighted by Crippen LogP contribution is -2.18. The van der Waals surface area contributed by atoms with Crippen LogP contribution in [0.15, 0.2) is 22.9 Å². The summed E-state index contributed by atoms with van der Waals surface area (Å²) in [6, 6.07) is 1.60. The summed E-state index contributed by atoms with van der Waals surface area (Å²) >= 11 is 4.27. The lowest BCUT2D eigenvalue weighted by Gasteiger charge is -2.07. The number of halogens is 1. The average Bonchev–Trinajstić information content (AvgIpc) is 2.90. The molecule has 132 valence electrons. The molecule has 2 aromatic rings. The molecule has 0 radical (unpaired) electrons. The molecule has 2 N–H and O–H groups in total. The van der Waals surface area contributed by atoms with Crippen LogP contribution in [0.5, 0.6) is 0 Å². The van der Waals surface area contributed by atoms with Crippen molar-refractivity contribution in [3.8, 4) is 0 Å². The average molecular weight is 426 g/mol. The molecule has 2 heterocycles. The van der Waals surface area contributed by atoms with E-state index in [0.29, 0.717) is 20.5 Å². The molecule has 0 unspecified atom stereocenters. The minimum Gasteiger partial charge on any atom is -0.462 e. The number of nitrogens with zero attached hydrogens (tertiary/aromatic N) is 1. The molecule has 0 aromatic carbocycles. The largest absolute Gasteiger partial charge is 0.462 e. The number of aromatic nitrogens is 1. The Labute approximate surface area is 156 Å². The maximum Gasteiger partial charge on any atom is 0.341 e. The molecule has 2 rings (SSSR count). The number of nitrogens with one attached hydrogen (secondary N) is 2. The van der Waals surface area contributed by atoms with Crippen LogP contribution < -0.4 is 10.6 Å². The predicted octanol–water partition coefficient (Wildman–Crippen LogP) is 3.00. The molecule has 7 nitrogen and oxygen atoms in total. The third-order valence-corrected chi connectivity index (χ3v) is 4.89. The van der Waals surface area contributed by atoms with Crippen LogP contribution in [0.2, 0.25) is 0 Å². The summed E-state index contributed by atoms with van der Waals surface area (Å²) in [5.41, 5.74) is 0.962. The molecule has 25 heavy (non-hydrogen) atoms. The lowest BCUT2D eigenvalue weighted by molar-refractivity contribution is 0.0527. The van der Waals surface area contributed by atoms with Gasteiger partial charge in [-0.05, 0) is 41.4 Å². The molecular weight excluding hydrogens is 410 g/mol. The van der Waals surface area contributed by atoms with Gasteiger partial charge in [0, 0.05) is 23.9 Å². The van der Waals surface area contributed by atoms with Crippen LogP contribution in [-0.4, -0.2) is 36.4 Å². The number of anilines is 1. The summed E-state index contributed by atoms with van der Waals surface area (Å²) in [5, 5.41) is 5.45. The first-order valence-corrected chi connectivity index (χ1v) is 8.94. The fraction of sp³-hybridized carbons (Fsp3) is 0.250. The topological polar surface area (TPSA) is 97.4 Å². The van der Waals surface area contributed by atoms with Gasteiger partial charge in [0.2, 0.25) is 0 Å². The van der Waals surface area contributed by atoms with Gasteiger partial charge in [-0.3, -0.25) is 14.6 Å². The van der Waals surface area contributed by atoms with Crippen LogP contribution in [-0.2, 0) is 4.74 Å². The zero-order valence-corrected chi connectivity index (χ0v) is 16.2. The van der Waals surface area contributed by atoms with Gasteiger partial charge in [0.15, 0.2) is 0 Å². The molecule has 0 spiro atoms. The number of ether oxygens (including phenoxy) is 1. The van der Waals surface area contributed by atoms with Gasteiger partial charge < -0.3 is 15.4 Å². The number of thiophene rings is 1. The standard InChI is InChI=1S/C16H16BrN3O4S/c1-4-24-16(23)11-8(2)12(14(22)18-3)25-15(11)20-13(21)9-5-10(17)7-19-6-9/h5-7H,4H2,1-3H3,(H,18,22)(H,20,21). The highest BCUT2D eigenvalue weighted by atomic mass is 79.9. The lowest BCUT2D eigenvalue weighted by atomic mass is 10.1. The first-order valence-electron chi connectivity index (χ1n) is 7.33. The third kappa shape index (κ3) is 4.23. The van der Waals surface area contributed by atoms with E-state index >= 15 is 0 Å². The van der Waals surface area contributed by atoms with E-state index in [9.17, 15) is 14.4 Å². The van der Waals surface area contributed by atoms with Crippen LogP contribution in [0, 0.1) is 6.92 Å². The van der Waals surface area contributed by atoms with Gasteiger partial charge in [0.05, 0.1) is 22.6 Å². The molecule has 0 saturated heterocycles. The summed E-state index contributed by atoms with van der Waals surface area (Å²) in [6.45, 7) is 3.51. The Balaban J connectivity index is 2.43. The smallest absolute Gasteiger partial charge is 0.341 e. The van der Waals surface area contributed by atoms with Gasteiger partial charge in [-0.15, -0.1) is 11.3 Å². The van der Waals surface area contributed by atoms with Crippen LogP contribution in [0.1, 0.15) is 42.9 Å². The Kier molecular flexibility index (Phi) is 6.27. The molecule has 0 fully saturated rings. The van der Waals surface area contributed by atoms with Crippen molar-refractivity contribution in [3.63, 3.8) is 0 Å². The molecule has 0 aliphatic rings. The summed E-state index contributed by atoms with van der Waals surface area (Å²) in [6.07, 6.45) is 2.96.